The third-order valence-corrected chi connectivity index (χ3v) is 3.77. The van der Waals surface area contributed by atoms with Crippen LogP contribution in [-0.2, 0) is 4.79 Å². The lowest BCUT2D eigenvalue weighted by Crippen LogP contribution is -2.41. The maximum Gasteiger partial charge on any atom is 0.248 e. The third-order valence-electron chi connectivity index (χ3n) is 3.77. The highest BCUT2D eigenvalue weighted by Crippen LogP contribution is 2.37. The van der Waals surface area contributed by atoms with Crippen LogP contribution in [0.25, 0.3) is 0 Å². The van der Waals surface area contributed by atoms with Gasteiger partial charge in [0.1, 0.15) is 17.7 Å². The summed E-state index contributed by atoms with van der Waals surface area (Å²) >= 11 is 0. The summed E-state index contributed by atoms with van der Waals surface area (Å²) in [4.78, 5) is 13.5. The van der Waals surface area contributed by atoms with Gasteiger partial charge in [-0.3, -0.25) is 4.79 Å². The zero-order valence-electron chi connectivity index (χ0n) is 10.3. The zero-order valence-corrected chi connectivity index (χ0v) is 10.3. The van der Waals surface area contributed by atoms with Gasteiger partial charge in [-0.1, -0.05) is 0 Å². The Morgan fingerprint density at radius 2 is 2.21 bits per heavy atom. The van der Waals surface area contributed by atoms with Gasteiger partial charge in [0.05, 0.1) is 5.69 Å². The van der Waals surface area contributed by atoms with E-state index in [0.717, 1.165) is 25.5 Å². The van der Waals surface area contributed by atoms with Crippen LogP contribution in [0.1, 0.15) is 24.4 Å². The van der Waals surface area contributed by atoms with Gasteiger partial charge in [-0.15, -0.1) is 0 Å². The number of rotatable bonds is 2. The van der Waals surface area contributed by atoms with Crippen LogP contribution >= 0.6 is 0 Å². The van der Waals surface area contributed by atoms with Crippen molar-refractivity contribution in [1.82, 2.24) is 5.32 Å². The van der Waals surface area contributed by atoms with Gasteiger partial charge in [0.15, 0.2) is 0 Å². The Hall–Kier alpha value is -1.53. The maximum atomic E-state index is 13.7. The van der Waals surface area contributed by atoms with Crippen molar-refractivity contribution < 1.29 is 13.6 Å². The first-order valence-electron chi connectivity index (χ1n) is 6.37. The molecule has 0 spiro atoms. The van der Waals surface area contributed by atoms with E-state index >= 15 is 0 Å². The Morgan fingerprint density at radius 1 is 1.42 bits per heavy atom. The van der Waals surface area contributed by atoms with Crippen LogP contribution in [0, 0.1) is 11.6 Å². The monoisotopic (exact) mass is 267 g/mol. The number of hydrogen-bond acceptors (Lipinski definition) is 3. The Bertz CT molecular complexity index is 529. The van der Waals surface area contributed by atoms with Crippen LogP contribution in [-0.4, -0.2) is 25.0 Å². The van der Waals surface area contributed by atoms with Gasteiger partial charge in [0, 0.05) is 24.2 Å². The smallest absolute Gasteiger partial charge is 0.248 e. The average molecular weight is 267 g/mol. The molecule has 2 aliphatic heterocycles. The molecule has 6 heteroatoms. The molecule has 1 aromatic carbocycles. The van der Waals surface area contributed by atoms with Gasteiger partial charge < -0.3 is 16.0 Å². The normalized spacial score (nSPS) is 26.1. The molecule has 0 aromatic heterocycles. The fourth-order valence-corrected chi connectivity index (χ4v) is 2.83. The first-order chi connectivity index (χ1) is 9.08. The van der Waals surface area contributed by atoms with Gasteiger partial charge in [-0.2, -0.15) is 0 Å². The summed E-state index contributed by atoms with van der Waals surface area (Å²) in [5, 5.41) is 3.26. The molecule has 0 bridgehead atoms. The van der Waals surface area contributed by atoms with Crippen molar-refractivity contribution in [2.75, 3.05) is 18.0 Å². The number of anilines is 1. The number of carbonyl (C=O) groups excluding carboxylic acids is 1. The van der Waals surface area contributed by atoms with Gasteiger partial charge in [0.2, 0.25) is 5.91 Å². The van der Waals surface area contributed by atoms with Crippen molar-refractivity contribution in [2.24, 2.45) is 5.73 Å². The van der Waals surface area contributed by atoms with E-state index in [1.165, 1.54) is 11.0 Å². The first-order valence-corrected chi connectivity index (χ1v) is 6.37. The first kappa shape index (κ1) is 12.5. The maximum absolute atomic E-state index is 13.7. The minimum Gasteiger partial charge on any atom is -0.316 e. The summed E-state index contributed by atoms with van der Waals surface area (Å²) in [5.41, 5.74) is 6.10. The molecule has 2 unspecified atom stereocenters. The van der Waals surface area contributed by atoms with E-state index in [1.807, 2.05) is 0 Å². The number of amides is 1. The largest absolute Gasteiger partial charge is 0.316 e. The van der Waals surface area contributed by atoms with Gasteiger partial charge in [-0.05, 0) is 25.5 Å². The third kappa shape index (κ3) is 2.01. The van der Waals surface area contributed by atoms with E-state index < -0.39 is 17.7 Å². The van der Waals surface area contributed by atoms with Crippen molar-refractivity contribution in [3.05, 3.63) is 29.3 Å². The highest BCUT2D eigenvalue weighted by molar-refractivity contribution is 6.04. The SMILES string of the molecule is NC1C(=O)N(CC2CCCN2)c2cc(F)cc(F)c21. The molecule has 1 saturated heterocycles. The van der Waals surface area contributed by atoms with Gasteiger partial charge in [0.25, 0.3) is 0 Å². The van der Waals surface area contributed by atoms with Crippen molar-refractivity contribution in [1.29, 1.82) is 0 Å². The van der Waals surface area contributed by atoms with E-state index in [-0.39, 0.29) is 23.2 Å². The summed E-state index contributed by atoms with van der Waals surface area (Å²) in [5.74, 6) is -1.81. The van der Waals surface area contributed by atoms with Crippen LogP contribution in [0.3, 0.4) is 0 Å². The lowest BCUT2D eigenvalue weighted by atomic mass is 10.1. The van der Waals surface area contributed by atoms with Crippen molar-refractivity contribution in [3.63, 3.8) is 0 Å². The second kappa shape index (κ2) is 4.54. The molecule has 0 saturated carbocycles. The average Bonchev–Trinajstić information content (AvgIpc) is 2.93. The molecule has 4 nitrogen and oxygen atoms in total. The minimum absolute atomic E-state index is 0.101. The van der Waals surface area contributed by atoms with Crippen molar-refractivity contribution in [2.45, 2.75) is 24.9 Å². The fraction of sp³-hybridized carbons (Fsp3) is 0.462. The molecule has 2 atom stereocenters. The molecule has 1 fully saturated rings. The molecule has 102 valence electrons. The van der Waals surface area contributed by atoms with Crippen LogP contribution in [0.2, 0.25) is 0 Å². The van der Waals surface area contributed by atoms with Gasteiger partial charge in [-0.25, -0.2) is 8.78 Å². The highest BCUT2D eigenvalue weighted by atomic mass is 19.1. The highest BCUT2D eigenvalue weighted by Gasteiger charge is 2.38. The lowest BCUT2D eigenvalue weighted by molar-refractivity contribution is -0.119. The quantitative estimate of drug-likeness (QED) is 0.842. The van der Waals surface area contributed by atoms with Crippen molar-refractivity contribution >= 4 is 11.6 Å². The number of carbonyl (C=O) groups is 1. The van der Waals surface area contributed by atoms with Crippen molar-refractivity contribution in [3.8, 4) is 0 Å². The Balaban J connectivity index is 1.96. The number of halogens is 2. The standard InChI is InChI=1S/C13H15F2N3O/c14-7-4-9(15)11-10(5-7)18(13(19)12(11)16)6-8-2-1-3-17-8/h4-5,8,12,17H,1-3,6,16H2. The Labute approximate surface area is 109 Å². The number of hydrogen-bond donors (Lipinski definition) is 2. The summed E-state index contributed by atoms with van der Waals surface area (Å²) in [6.07, 6.45) is 2.00. The van der Waals surface area contributed by atoms with Crippen LogP contribution in [0.15, 0.2) is 12.1 Å². The molecular formula is C13H15F2N3O. The number of nitrogens with one attached hydrogen (secondary N) is 1. The van der Waals surface area contributed by atoms with Crippen LogP contribution < -0.4 is 16.0 Å². The van der Waals surface area contributed by atoms with E-state index in [2.05, 4.69) is 5.32 Å². The molecule has 3 rings (SSSR count). The molecule has 1 aromatic rings. The number of fused-ring (bicyclic) bond motifs is 1. The molecule has 19 heavy (non-hydrogen) atoms. The van der Waals surface area contributed by atoms with Crippen LogP contribution in [0.4, 0.5) is 14.5 Å². The number of nitrogens with two attached hydrogens (primary N) is 1. The predicted octanol–water partition coefficient (Wildman–Crippen LogP) is 1.06. The van der Waals surface area contributed by atoms with Crippen LogP contribution in [0.5, 0.6) is 0 Å². The van der Waals surface area contributed by atoms with E-state index in [0.29, 0.717) is 6.54 Å². The summed E-state index contributed by atoms with van der Waals surface area (Å²) in [6, 6.07) is 1.08. The second-order valence-electron chi connectivity index (χ2n) is 5.04. The van der Waals surface area contributed by atoms with Gasteiger partial charge >= 0.3 is 0 Å². The topological polar surface area (TPSA) is 58.4 Å². The Morgan fingerprint density at radius 3 is 2.89 bits per heavy atom. The Kier molecular flexibility index (Phi) is 2.99. The second-order valence-corrected chi connectivity index (χ2v) is 5.04. The summed E-state index contributed by atoms with van der Waals surface area (Å²) in [6.45, 7) is 1.31. The zero-order chi connectivity index (χ0) is 13.6. The summed E-state index contributed by atoms with van der Waals surface area (Å²) in [7, 11) is 0. The lowest BCUT2D eigenvalue weighted by Gasteiger charge is -2.21. The molecule has 0 radical (unpaired) electrons. The van der Waals surface area contributed by atoms with E-state index in [4.69, 9.17) is 5.73 Å². The molecule has 3 N–H and O–H groups in total. The predicted molar refractivity (Wildman–Crippen MR) is 66.7 cm³/mol. The molecule has 2 heterocycles. The molecular weight excluding hydrogens is 252 g/mol. The van der Waals surface area contributed by atoms with E-state index in [1.54, 1.807) is 0 Å². The number of nitrogens with zero attached hydrogens (tertiary/aromatic N) is 1. The fourth-order valence-electron chi connectivity index (χ4n) is 2.83. The molecule has 2 aliphatic rings. The van der Waals surface area contributed by atoms with E-state index in [9.17, 15) is 13.6 Å². The minimum atomic E-state index is -1.03. The summed E-state index contributed by atoms with van der Waals surface area (Å²) < 4.78 is 27.1. The molecule has 0 aliphatic carbocycles. The number of benzene rings is 1. The molecule has 1 amide bonds.